The van der Waals surface area contributed by atoms with E-state index in [2.05, 4.69) is 23.8 Å². The number of hydrogen-bond acceptors (Lipinski definition) is 3. The van der Waals surface area contributed by atoms with Crippen LogP contribution in [0.2, 0.25) is 0 Å². The Kier molecular flexibility index (Phi) is 14.8. The van der Waals surface area contributed by atoms with Gasteiger partial charge in [-0.1, -0.05) is 34.1 Å². The predicted molar refractivity (Wildman–Crippen MR) is 94.4 cm³/mol. The van der Waals surface area contributed by atoms with Crippen LogP contribution in [0.1, 0.15) is 60.3 Å². The average Bonchev–Trinajstić information content (AvgIpc) is 2.81. The van der Waals surface area contributed by atoms with Gasteiger partial charge in [-0.25, -0.2) is 4.99 Å². The first-order valence-corrected chi connectivity index (χ1v) is 8.14. The van der Waals surface area contributed by atoms with Gasteiger partial charge in [-0.15, -0.1) is 0 Å². The number of hydrogen-bond donors (Lipinski definition) is 3. The van der Waals surface area contributed by atoms with E-state index in [4.69, 9.17) is 21.4 Å². The molecule has 6 nitrogen and oxygen atoms in total. The lowest BCUT2D eigenvalue weighted by molar-refractivity contribution is -0.122. The molecule has 1 saturated carbocycles. The fourth-order valence-electron chi connectivity index (χ4n) is 2.94. The molecule has 22 heavy (non-hydrogen) atoms. The Morgan fingerprint density at radius 1 is 1.36 bits per heavy atom. The van der Waals surface area contributed by atoms with Crippen molar-refractivity contribution < 1.29 is 9.90 Å². The minimum absolute atomic E-state index is 0.213. The summed E-state index contributed by atoms with van der Waals surface area (Å²) >= 11 is 0. The standard InChI is InChI=1S/C13H26N4.C2H6.CH2O2/c1-4-6-11(16-5-2)10-7-9(3)8-12(10)17-13(14)15;1-2;2-1-3/h5,9-12H,4,6-8H2,1-3H3,(H4,14,15,17);1-2H3;1H,(H,2,3). The molecule has 0 bridgehead atoms. The lowest BCUT2D eigenvalue weighted by atomic mass is 9.91. The highest BCUT2D eigenvalue weighted by molar-refractivity contribution is 5.75. The lowest BCUT2D eigenvalue weighted by Gasteiger charge is -2.23. The largest absolute Gasteiger partial charge is 0.483 e. The van der Waals surface area contributed by atoms with Gasteiger partial charge in [-0.05, 0) is 38.3 Å². The van der Waals surface area contributed by atoms with E-state index in [-0.39, 0.29) is 18.5 Å². The number of rotatable bonds is 5. The molecule has 0 aliphatic heterocycles. The van der Waals surface area contributed by atoms with Crippen LogP contribution in [-0.2, 0) is 4.79 Å². The summed E-state index contributed by atoms with van der Waals surface area (Å²) in [6.07, 6.45) is 6.46. The smallest absolute Gasteiger partial charge is 0.290 e. The highest BCUT2D eigenvalue weighted by atomic mass is 16.3. The third-order valence-corrected chi connectivity index (χ3v) is 3.55. The van der Waals surface area contributed by atoms with Gasteiger partial charge in [0.05, 0.1) is 12.1 Å². The summed E-state index contributed by atoms with van der Waals surface area (Å²) in [6.45, 7) is 10.2. The molecule has 0 amide bonds. The van der Waals surface area contributed by atoms with Crippen molar-refractivity contribution >= 4 is 18.6 Å². The minimum atomic E-state index is -0.250. The Labute approximate surface area is 135 Å². The molecule has 0 saturated heterocycles. The average molecular weight is 314 g/mol. The van der Waals surface area contributed by atoms with Crippen LogP contribution in [0, 0.1) is 11.8 Å². The van der Waals surface area contributed by atoms with Crippen molar-refractivity contribution in [3.05, 3.63) is 0 Å². The van der Waals surface area contributed by atoms with E-state index in [1.54, 1.807) is 0 Å². The molecule has 0 aromatic rings. The number of carboxylic acid groups (broad SMARTS) is 1. The summed E-state index contributed by atoms with van der Waals surface area (Å²) in [6, 6.07) is 0.637. The SMILES string of the molecule is CC.CC=NC(CCC)C1CC(C)CC1N=C(N)N.O=CO. The maximum Gasteiger partial charge on any atom is 0.290 e. The van der Waals surface area contributed by atoms with Gasteiger partial charge in [0, 0.05) is 5.92 Å². The Morgan fingerprint density at radius 2 is 1.91 bits per heavy atom. The summed E-state index contributed by atoms with van der Waals surface area (Å²) in [7, 11) is 0. The van der Waals surface area contributed by atoms with Gasteiger partial charge >= 0.3 is 0 Å². The van der Waals surface area contributed by atoms with Gasteiger partial charge in [-0.2, -0.15) is 0 Å². The zero-order valence-corrected chi connectivity index (χ0v) is 14.7. The Morgan fingerprint density at radius 3 is 2.32 bits per heavy atom. The molecule has 5 N–H and O–H groups in total. The van der Waals surface area contributed by atoms with Crippen LogP contribution in [0.25, 0.3) is 0 Å². The van der Waals surface area contributed by atoms with Crippen molar-refractivity contribution in [1.29, 1.82) is 0 Å². The molecule has 6 heteroatoms. The molecule has 0 aromatic heterocycles. The molecule has 1 rings (SSSR count). The van der Waals surface area contributed by atoms with Crippen molar-refractivity contribution in [2.24, 2.45) is 33.3 Å². The van der Waals surface area contributed by atoms with E-state index < -0.39 is 0 Å². The number of aliphatic imine (C=N–C) groups is 2. The predicted octanol–water partition coefficient (Wildman–Crippen LogP) is 2.66. The van der Waals surface area contributed by atoms with Crippen molar-refractivity contribution in [2.75, 3.05) is 0 Å². The van der Waals surface area contributed by atoms with Gasteiger partial charge in [0.1, 0.15) is 0 Å². The molecule has 4 atom stereocenters. The first-order chi connectivity index (χ1) is 10.5. The second-order valence-corrected chi connectivity index (χ2v) is 5.23. The van der Waals surface area contributed by atoms with Crippen molar-refractivity contribution in [1.82, 2.24) is 0 Å². The molecule has 1 aliphatic carbocycles. The normalized spacial score (nSPS) is 24.5. The summed E-state index contributed by atoms with van der Waals surface area (Å²) in [5.41, 5.74) is 11.0. The minimum Gasteiger partial charge on any atom is -0.483 e. The van der Waals surface area contributed by atoms with E-state index in [0.717, 1.165) is 19.3 Å². The van der Waals surface area contributed by atoms with E-state index in [1.807, 2.05) is 27.0 Å². The van der Waals surface area contributed by atoms with Crippen molar-refractivity contribution in [3.63, 3.8) is 0 Å². The van der Waals surface area contributed by atoms with Gasteiger partial charge in [-0.3, -0.25) is 9.79 Å². The summed E-state index contributed by atoms with van der Waals surface area (Å²) in [5, 5.41) is 6.89. The second kappa shape index (κ2) is 14.4. The first kappa shape index (κ1) is 22.7. The van der Waals surface area contributed by atoms with Gasteiger partial charge in [0.2, 0.25) is 0 Å². The highest BCUT2D eigenvalue weighted by Gasteiger charge is 2.36. The van der Waals surface area contributed by atoms with E-state index in [1.165, 1.54) is 6.42 Å². The third-order valence-electron chi connectivity index (χ3n) is 3.55. The van der Waals surface area contributed by atoms with Crippen LogP contribution in [0.4, 0.5) is 0 Å². The second-order valence-electron chi connectivity index (χ2n) is 5.23. The van der Waals surface area contributed by atoms with E-state index in [0.29, 0.717) is 17.9 Å². The number of nitrogens with zero attached hydrogens (tertiary/aromatic N) is 2. The number of carbonyl (C=O) groups is 1. The lowest BCUT2D eigenvalue weighted by Crippen LogP contribution is -2.30. The van der Waals surface area contributed by atoms with Gasteiger partial charge < -0.3 is 16.6 Å². The van der Waals surface area contributed by atoms with Crippen LogP contribution in [0.5, 0.6) is 0 Å². The zero-order valence-electron chi connectivity index (χ0n) is 14.7. The van der Waals surface area contributed by atoms with Gasteiger partial charge in [0.15, 0.2) is 5.96 Å². The molecule has 0 spiro atoms. The fraction of sp³-hybridized carbons (Fsp3) is 0.812. The zero-order chi connectivity index (χ0) is 17.5. The molecule has 1 aliphatic rings. The maximum atomic E-state index is 8.36. The first-order valence-electron chi connectivity index (χ1n) is 8.14. The molecular formula is C16H34N4O2. The van der Waals surface area contributed by atoms with Crippen molar-refractivity contribution in [2.45, 2.75) is 72.4 Å². The molecular weight excluding hydrogens is 280 g/mol. The molecule has 4 unspecified atom stereocenters. The maximum absolute atomic E-state index is 8.36. The van der Waals surface area contributed by atoms with Crippen LogP contribution in [0.3, 0.4) is 0 Å². The number of nitrogens with two attached hydrogens (primary N) is 2. The van der Waals surface area contributed by atoms with Crippen LogP contribution < -0.4 is 11.5 Å². The van der Waals surface area contributed by atoms with E-state index >= 15 is 0 Å². The molecule has 0 radical (unpaired) electrons. The Bertz CT molecular complexity index is 328. The topological polar surface area (TPSA) is 114 Å². The number of guanidine groups is 1. The summed E-state index contributed by atoms with van der Waals surface area (Å²) < 4.78 is 0. The highest BCUT2D eigenvalue weighted by Crippen LogP contribution is 2.37. The molecule has 130 valence electrons. The fourth-order valence-corrected chi connectivity index (χ4v) is 2.94. The van der Waals surface area contributed by atoms with Crippen LogP contribution in [0.15, 0.2) is 9.98 Å². The monoisotopic (exact) mass is 314 g/mol. The Hall–Kier alpha value is -1.59. The Balaban J connectivity index is 0. The van der Waals surface area contributed by atoms with E-state index in [9.17, 15) is 0 Å². The molecule has 1 fully saturated rings. The quantitative estimate of drug-likeness (QED) is 0.411. The van der Waals surface area contributed by atoms with Gasteiger partial charge in [0.25, 0.3) is 6.47 Å². The van der Waals surface area contributed by atoms with Crippen LogP contribution in [-0.4, -0.2) is 35.8 Å². The molecule has 0 heterocycles. The van der Waals surface area contributed by atoms with Crippen molar-refractivity contribution in [3.8, 4) is 0 Å². The summed E-state index contributed by atoms with van der Waals surface area (Å²) in [4.78, 5) is 17.4. The third kappa shape index (κ3) is 9.37. The molecule has 0 aromatic carbocycles. The van der Waals surface area contributed by atoms with Crippen LogP contribution >= 0.6 is 0 Å². The summed E-state index contributed by atoms with van der Waals surface area (Å²) in [5.74, 6) is 1.41.